The first kappa shape index (κ1) is 32.6. The molecule has 0 spiro atoms. The van der Waals surface area contributed by atoms with Crippen LogP contribution in [0.1, 0.15) is 44.2 Å². The number of carbonyl (C=O) groups excluding carboxylic acids is 3. The van der Waals surface area contributed by atoms with Gasteiger partial charge in [-0.05, 0) is 72.1 Å². The van der Waals surface area contributed by atoms with E-state index in [1.807, 2.05) is 31.2 Å². The zero-order chi connectivity index (χ0) is 33.8. The summed E-state index contributed by atoms with van der Waals surface area (Å²) in [6.07, 6.45) is 0. The molecule has 1 unspecified atom stereocenters. The van der Waals surface area contributed by atoms with Crippen molar-refractivity contribution < 1.29 is 33.4 Å². The van der Waals surface area contributed by atoms with Gasteiger partial charge in [0, 0.05) is 11.3 Å². The van der Waals surface area contributed by atoms with Gasteiger partial charge in [0.25, 0.3) is 5.78 Å². The van der Waals surface area contributed by atoms with Gasteiger partial charge in [0.2, 0.25) is 5.13 Å². The molecule has 0 aliphatic carbocycles. The predicted octanol–water partition coefficient (Wildman–Crippen LogP) is 7.27. The number of ketones is 1. The first-order valence-electron chi connectivity index (χ1n) is 14.7. The molecule has 0 radical (unpaired) electrons. The number of thioether (sulfide) groups is 1. The van der Waals surface area contributed by atoms with Gasteiger partial charge in [-0.15, -0.1) is 10.2 Å². The molecule has 1 amide bonds. The van der Waals surface area contributed by atoms with Crippen molar-refractivity contribution in [3.8, 4) is 5.75 Å². The van der Waals surface area contributed by atoms with Crippen molar-refractivity contribution in [2.75, 3.05) is 12.0 Å². The topological polar surface area (TPSA) is 119 Å². The zero-order valence-corrected chi connectivity index (χ0v) is 27.4. The van der Waals surface area contributed by atoms with E-state index in [1.54, 1.807) is 48.5 Å². The van der Waals surface area contributed by atoms with Gasteiger partial charge >= 0.3 is 11.9 Å². The molecule has 12 heteroatoms. The highest BCUT2D eigenvalue weighted by molar-refractivity contribution is 8.00. The van der Waals surface area contributed by atoms with Crippen molar-refractivity contribution in [1.82, 2.24) is 10.2 Å². The third-order valence-electron chi connectivity index (χ3n) is 7.59. The third-order valence-corrected chi connectivity index (χ3v) is 9.71. The van der Waals surface area contributed by atoms with E-state index < -0.39 is 23.7 Å². The number of aryl methyl sites for hydroxylation is 1. The van der Waals surface area contributed by atoms with Gasteiger partial charge < -0.3 is 14.6 Å². The van der Waals surface area contributed by atoms with Crippen molar-refractivity contribution in [2.45, 2.75) is 29.7 Å². The lowest BCUT2D eigenvalue weighted by Crippen LogP contribution is -2.29. The van der Waals surface area contributed by atoms with E-state index in [0.717, 1.165) is 28.0 Å². The maximum absolute atomic E-state index is 13.6. The van der Waals surface area contributed by atoms with Crippen molar-refractivity contribution in [3.63, 3.8) is 0 Å². The second kappa shape index (κ2) is 14.2. The van der Waals surface area contributed by atoms with Crippen molar-refractivity contribution in [3.05, 3.63) is 142 Å². The van der Waals surface area contributed by atoms with Gasteiger partial charge in [0.05, 0.1) is 24.3 Å². The van der Waals surface area contributed by atoms with E-state index in [-0.39, 0.29) is 27.8 Å². The number of hydrogen-bond donors (Lipinski definition) is 1. The Morgan fingerprint density at radius 2 is 1.65 bits per heavy atom. The highest BCUT2D eigenvalue weighted by Crippen LogP contribution is 2.44. The minimum atomic E-state index is -1.07. The number of Topliss-reactive ketones (excluding diaryl/α,β-unsaturated/α-hetero) is 1. The Hall–Kier alpha value is -5.33. The van der Waals surface area contributed by atoms with Crippen molar-refractivity contribution in [1.29, 1.82) is 0 Å². The second-order valence-corrected chi connectivity index (χ2v) is 13.0. The number of carbonyl (C=O) groups is 3. The summed E-state index contributed by atoms with van der Waals surface area (Å²) in [6.45, 7) is 2.36. The van der Waals surface area contributed by atoms with E-state index in [4.69, 9.17) is 9.47 Å². The summed E-state index contributed by atoms with van der Waals surface area (Å²) in [5, 5.41) is 20.1. The molecule has 1 fully saturated rings. The number of hydrogen-bond acceptors (Lipinski definition) is 10. The molecule has 1 atom stereocenters. The molecule has 6 rings (SSSR count). The van der Waals surface area contributed by atoms with Crippen LogP contribution in [0.3, 0.4) is 0 Å². The lowest BCUT2D eigenvalue weighted by atomic mass is 9.94. The Labute approximate surface area is 283 Å². The van der Waals surface area contributed by atoms with Crippen LogP contribution in [0.15, 0.2) is 107 Å². The van der Waals surface area contributed by atoms with Crippen LogP contribution in [0.5, 0.6) is 5.75 Å². The molecule has 0 bridgehead atoms. The number of amides is 1. The number of esters is 1. The number of methoxy groups -OCH3 is 1. The van der Waals surface area contributed by atoms with Gasteiger partial charge in [-0.25, -0.2) is 9.18 Å². The van der Waals surface area contributed by atoms with Crippen molar-refractivity contribution >= 4 is 51.6 Å². The average molecular weight is 682 g/mol. The molecular formula is C36H28FN3O6S2. The molecule has 4 aromatic carbocycles. The SMILES string of the molecule is COC(=O)c1ccc(C2C(=C(O)c3ccc(OCc4cccc(C)c4)cc3)C(=O)C(=O)N2c2nnc(SCc3ccc(F)cc3)s2)cc1. The first-order valence-corrected chi connectivity index (χ1v) is 16.5. The molecule has 242 valence electrons. The first-order chi connectivity index (χ1) is 23.2. The fraction of sp³-hybridized carbons (Fsp3) is 0.139. The van der Waals surface area contributed by atoms with Gasteiger partial charge in [-0.3, -0.25) is 14.5 Å². The monoisotopic (exact) mass is 681 g/mol. The maximum Gasteiger partial charge on any atom is 0.337 e. The summed E-state index contributed by atoms with van der Waals surface area (Å²) in [5.41, 5.74) is 3.89. The number of aromatic nitrogens is 2. The molecule has 1 N–H and O–H groups in total. The molecule has 1 aliphatic heterocycles. The van der Waals surface area contributed by atoms with E-state index in [2.05, 4.69) is 10.2 Å². The van der Waals surface area contributed by atoms with Crippen LogP contribution < -0.4 is 9.64 Å². The predicted molar refractivity (Wildman–Crippen MR) is 180 cm³/mol. The largest absolute Gasteiger partial charge is 0.507 e. The second-order valence-electron chi connectivity index (χ2n) is 10.9. The quantitative estimate of drug-likeness (QED) is 0.0405. The van der Waals surface area contributed by atoms with Crippen LogP contribution in [0.2, 0.25) is 0 Å². The summed E-state index contributed by atoms with van der Waals surface area (Å²) >= 11 is 2.46. The number of aliphatic hydroxyl groups excluding tert-OH is 1. The van der Waals surface area contributed by atoms with Crippen LogP contribution in [0.4, 0.5) is 9.52 Å². The molecule has 1 saturated heterocycles. The van der Waals surface area contributed by atoms with Crippen LogP contribution in [-0.2, 0) is 26.7 Å². The van der Waals surface area contributed by atoms with Crippen LogP contribution in [-0.4, -0.2) is 40.1 Å². The third kappa shape index (κ3) is 6.99. The maximum atomic E-state index is 13.6. The molecule has 9 nitrogen and oxygen atoms in total. The number of ether oxygens (including phenoxy) is 2. The Bertz CT molecular complexity index is 2010. The average Bonchev–Trinajstić information content (AvgIpc) is 3.68. The smallest absolute Gasteiger partial charge is 0.337 e. The van der Waals surface area contributed by atoms with E-state index in [1.165, 1.54) is 48.0 Å². The minimum absolute atomic E-state index is 0.144. The summed E-state index contributed by atoms with van der Waals surface area (Å²) in [6, 6.07) is 25.8. The van der Waals surface area contributed by atoms with Gasteiger partial charge in [0.15, 0.2) is 4.34 Å². The lowest BCUT2D eigenvalue weighted by Gasteiger charge is -2.22. The zero-order valence-electron chi connectivity index (χ0n) is 25.8. The van der Waals surface area contributed by atoms with Crippen molar-refractivity contribution in [2.24, 2.45) is 0 Å². The standard InChI is InChI=1S/C36H28FN3O6S2/c1-21-4-3-5-23(18-21)19-46-28-16-12-25(13-17-28)31(41)29-30(24-8-10-26(11-9-24)34(44)45-2)40(33(43)32(29)42)35-38-39-36(48-35)47-20-22-6-14-27(37)15-7-22/h3-18,30,41H,19-20H2,1-2H3. The van der Waals surface area contributed by atoms with Gasteiger partial charge in [-0.2, -0.15) is 0 Å². The number of anilines is 1. The fourth-order valence-electron chi connectivity index (χ4n) is 5.18. The molecular weight excluding hydrogens is 654 g/mol. The molecule has 0 saturated carbocycles. The number of aliphatic hydroxyl groups is 1. The highest BCUT2D eigenvalue weighted by atomic mass is 32.2. The Morgan fingerprint density at radius 1 is 0.938 bits per heavy atom. The summed E-state index contributed by atoms with van der Waals surface area (Å²) < 4.78 is 24.6. The van der Waals surface area contributed by atoms with E-state index in [9.17, 15) is 23.9 Å². The molecule has 48 heavy (non-hydrogen) atoms. The van der Waals surface area contributed by atoms with Crippen LogP contribution in [0.25, 0.3) is 5.76 Å². The fourth-order valence-corrected chi connectivity index (χ4v) is 7.00. The van der Waals surface area contributed by atoms with Gasteiger partial charge in [-0.1, -0.05) is 77.2 Å². The summed E-state index contributed by atoms with van der Waals surface area (Å²) in [5.74, 6) is -2.00. The summed E-state index contributed by atoms with van der Waals surface area (Å²) in [7, 11) is 1.27. The number of benzene rings is 4. The van der Waals surface area contributed by atoms with Gasteiger partial charge in [0.1, 0.15) is 23.9 Å². The molecule has 1 aromatic heterocycles. The van der Waals surface area contributed by atoms with Crippen LogP contribution >= 0.6 is 23.1 Å². The minimum Gasteiger partial charge on any atom is -0.507 e. The highest BCUT2D eigenvalue weighted by Gasteiger charge is 2.48. The number of nitrogens with zero attached hydrogens (tertiary/aromatic N) is 3. The Morgan fingerprint density at radius 3 is 2.33 bits per heavy atom. The van der Waals surface area contributed by atoms with Crippen LogP contribution in [0, 0.1) is 12.7 Å². The number of halogens is 1. The Balaban J connectivity index is 1.31. The van der Waals surface area contributed by atoms with E-state index in [0.29, 0.717) is 33.6 Å². The van der Waals surface area contributed by atoms with E-state index >= 15 is 0 Å². The molecule has 5 aromatic rings. The molecule has 1 aliphatic rings. The number of rotatable bonds is 10. The lowest BCUT2D eigenvalue weighted by molar-refractivity contribution is -0.132. The normalized spacial score (nSPS) is 15.5. The summed E-state index contributed by atoms with van der Waals surface area (Å²) in [4.78, 5) is 40.5. The molecule has 2 heterocycles. The Kier molecular flexibility index (Phi) is 9.65.